The third-order valence-corrected chi connectivity index (χ3v) is 5.21. The molecule has 3 heterocycles. The van der Waals surface area contributed by atoms with Crippen molar-refractivity contribution in [3.8, 4) is 5.88 Å². The van der Waals surface area contributed by atoms with Crippen molar-refractivity contribution in [3.63, 3.8) is 0 Å². The Labute approximate surface area is 180 Å². The molecular weight excluding hydrogens is 447 g/mol. The molecule has 1 aliphatic rings. The van der Waals surface area contributed by atoms with Crippen LogP contribution >= 0.6 is 23.2 Å². The van der Waals surface area contributed by atoms with E-state index in [2.05, 4.69) is 15.1 Å². The molecule has 0 aliphatic carbocycles. The summed E-state index contributed by atoms with van der Waals surface area (Å²) in [5.41, 5.74) is 0.191. The number of nitrogens with zero attached hydrogens (tertiary/aromatic N) is 5. The summed E-state index contributed by atoms with van der Waals surface area (Å²) in [4.78, 5) is 18.6. The number of nitro groups is 1. The molecule has 1 saturated heterocycles. The lowest BCUT2D eigenvalue weighted by Gasteiger charge is -2.31. The first-order valence-electron chi connectivity index (χ1n) is 9.19. The molecule has 1 atom stereocenters. The van der Waals surface area contributed by atoms with E-state index in [0.29, 0.717) is 30.0 Å². The number of hydrogen-bond donors (Lipinski definition) is 0. The van der Waals surface area contributed by atoms with Crippen molar-refractivity contribution in [2.45, 2.75) is 44.6 Å². The van der Waals surface area contributed by atoms with Crippen molar-refractivity contribution < 1.29 is 23.2 Å². The summed E-state index contributed by atoms with van der Waals surface area (Å²) in [7, 11) is 0. The standard InChI is InChI=1S/C17H19Cl2F2N5O4/c1-10-14(26(27)28)15(24-25(10)13-5-7-29-9-17(13,20)21)30-6-3-2-4-12-11(18)8-22-16(19)23-12/h8,13H,2-7,9H2,1H3. The summed E-state index contributed by atoms with van der Waals surface area (Å²) in [6.45, 7) is 0.859. The highest BCUT2D eigenvalue weighted by Gasteiger charge is 2.46. The van der Waals surface area contributed by atoms with Crippen LogP contribution in [-0.2, 0) is 11.2 Å². The second-order valence-corrected chi connectivity index (χ2v) is 7.54. The third kappa shape index (κ3) is 4.96. The average molecular weight is 466 g/mol. The fourth-order valence-electron chi connectivity index (χ4n) is 3.22. The Morgan fingerprint density at radius 1 is 1.43 bits per heavy atom. The van der Waals surface area contributed by atoms with E-state index >= 15 is 0 Å². The van der Waals surface area contributed by atoms with Crippen molar-refractivity contribution in [2.75, 3.05) is 19.8 Å². The minimum Gasteiger partial charge on any atom is -0.472 e. The Balaban J connectivity index is 1.65. The van der Waals surface area contributed by atoms with Crippen LogP contribution in [0.25, 0.3) is 0 Å². The van der Waals surface area contributed by atoms with Gasteiger partial charge >= 0.3 is 11.6 Å². The van der Waals surface area contributed by atoms with E-state index in [9.17, 15) is 18.9 Å². The van der Waals surface area contributed by atoms with Gasteiger partial charge < -0.3 is 9.47 Å². The Morgan fingerprint density at radius 3 is 2.90 bits per heavy atom. The second-order valence-electron chi connectivity index (χ2n) is 6.80. The number of halogens is 4. The maximum absolute atomic E-state index is 14.2. The van der Waals surface area contributed by atoms with E-state index in [0.717, 1.165) is 4.68 Å². The number of aryl methyl sites for hydroxylation is 1. The monoisotopic (exact) mass is 465 g/mol. The van der Waals surface area contributed by atoms with Crippen molar-refractivity contribution in [3.05, 3.63) is 38.0 Å². The highest BCUT2D eigenvalue weighted by molar-refractivity contribution is 6.31. The fraction of sp³-hybridized carbons (Fsp3) is 0.588. The van der Waals surface area contributed by atoms with Gasteiger partial charge in [0.05, 0.1) is 28.4 Å². The summed E-state index contributed by atoms with van der Waals surface area (Å²) in [5, 5.41) is 15.9. The number of aromatic nitrogens is 4. The van der Waals surface area contributed by atoms with Gasteiger partial charge in [-0.2, -0.15) is 0 Å². The summed E-state index contributed by atoms with van der Waals surface area (Å²) >= 11 is 11.7. The minimum atomic E-state index is -3.18. The molecule has 13 heteroatoms. The van der Waals surface area contributed by atoms with Gasteiger partial charge in [-0.15, -0.1) is 5.10 Å². The van der Waals surface area contributed by atoms with Crippen LogP contribution in [0.3, 0.4) is 0 Å². The molecule has 0 N–H and O–H groups in total. The smallest absolute Gasteiger partial charge is 0.352 e. The minimum absolute atomic E-state index is 0.00559. The molecule has 0 aromatic carbocycles. The van der Waals surface area contributed by atoms with Gasteiger partial charge in [0.15, 0.2) is 0 Å². The normalized spacial score (nSPS) is 18.4. The Hall–Kier alpha value is -2.11. The molecule has 0 radical (unpaired) electrons. The van der Waals surface area contributed by atoms with Crippen LogP contribution in [0.4, 0.5) is 14.5 Å². The summed E-state index contributed by atoms with van der Waals surface area (Å²) in [6, 6.07) is -1.33. The highest BCUT2D eigenvalue weighted by atomic mass is 35.5. The van der Waals surface area contributed by atoms with Gasteiger partial charge in [0.1, 0.15) is 18.3 Å². The van der Waals surface area contributed by atoms with E-state index in [1.54, 1.807) is 0 Å². The predicted octanol–water partition coefficient (Wildman–Crippen LogP) is 4.19. The predicted molar refractivity (Wildman–Crippen MR) is 104 cm³/mol. The van der Waals surface area contributed by atoms with Gasteiger partial charge in [-0.3, -0.25) is 10.1 Å². The van der Waals surface area contributed by atoms with Crippen LogP contribution in [0.2, 0.25) is 10.3 Å². The molecule has 164 valence electrons. The van der Waals surface area contributed by atoms with E-state index in [4.69, 9.17) is 32.7 Å². The molecule has 1 unspecified atom stereocenters. The van der Waals surface area contributed by atoms with Crippen molar-refractivity contribution in [2.24, 2.45) is 0 Å². The third-order valence-electron chi connectivity index (χ3n) is 4.72. The molecule has 0 spiro atoms. The van der Waals surface area contributed by atoms with Gasteiger partial charge in [0.2, 0.25) is 5.28 Å². The zero-order valence-electron chi connectivity index (χ0n) is 16.0. The second kappa shape index (κ2) is 9.36. The first-order valence-corrected chi connectivity index (χ1v) is 9.95. The highest BCUT2D eigenvalue weighted by Crippen LogP contribution is 2.40. The fourth-order valence-corrected chi connectivity index (χ4v) is 3.56. The maximum Gasteiger partial charge on any atom is 0.352 e. The summed E-state index contributed by atoms with van der Waals surface area (Å²) in [5.74, 6) is -3.46. The number of unbranched alkanes of at least 4 members (excludes halogenated alkanes) is 1. The number of rotatable bonds is 8. The van der Waals surface area contributed by atoms with Crippen LogP contribution in [-0.4, -0.2) is 50.4 Å². The molecule has 2 aromatic heterocycles. The van der Waals surface area contributed by atoms with Crippen molar-refractivity contribution in [1.82, 2.24) is 19.7 Å². The molecule has 0 bridgehead atoms. The first-order chi connectivity index (χ1) is 14.2. The SMILES string of the molecule is Cc1c([N+](=O)[O-])c(OCCCCc2nc(Cl)ncc2Cl)nn1C1CCOCC1(F)F. The zero-order chi connectivity index (χ0) is 21.9. The largest absolute Gasteiger partial charge is 0.472 e. The molecule has 30 heavy (non-hydrogen) atoms. The Morgan fingerprint density at radius 2 is 2.20 bits per heavy atom. The van der Waals surface area contributed by atoms with E-state index in [-0.39, 0.29) is 36.5 Å². The Bertz CT molecular complexity index is 928. The van der Waals surface area contributed by atoms with Gasteiger partial charge in [-0.05, 0) is 44.2 Å². The molecular formula is C17H19Cl2F2N5O4. The Kier molecular flexibility index (Phi) is 7.04. The van der Waals surface area contributed by atoms with Gasteiger partial charge in [-0.25, -0.2) is 23.4 Å². The first kappa shape index (κ1) is 22.6. The van der Waals surface area contributed by atoms with Crippen LogP contribution in [0.15, 0.2) is 6.20 Å². The quantitative estimate of drug-likeness (QED) is 0.249. The maximum atomic E-state index is 14.2. The summed E-state index contributed by atoms with van der Waals surface area (Å²) < 4.78 is 39.7. The van der Waals surface area contributed by atoms with Gasteiger partial charge in [0.25, 0.3) is 5.92 Å². The van der Waals surface area contributed by atoms with Gasteiger partial charge in [0, 0.05) is 6.61 Å². The van der Waals surface area contributed by atoms with Gasteiger partial charge in [-0.1, -0.05) is 11.6 Å². The number of ether oxygens (including phenoxy) is 2. The lowest BCUT2D eigenvalue weighted by molar-refractivity contribution is -0.386. The van der Waals surface area contributed by atoms with E-state index < -0.39 is 29.2 Å². The van der Waals surface area contributed by atoms with Crippen LogP contribution in [0.5, 0.6) is 5.88 Å². The van der Waals surface area contributed by atoms with Crippen LogP contribution in [0.1, 0.15) is 36.7 Å². The molecule has 0 saturated carbocycles. The van der Waals surface area contributed by atoms with E-state index in [1.165, 1.54) is 13.1 Å². The lowest BCUT2D eigenvalue weighted by Crippen LogP contribution is -2.41. The molecule has 0 amide bonds. The lowest BCUT2D eigenvalue weighted by atomic mass is 10.1. The topological polar surface area (TPSA) is 105 Å². The zero-order valence-corrected chi connectivity index (χ0v) is 17.5. The number of hydrogen-bond acceptors (Lipinski definition) is 7. The van der Waals surface area contributed by atoms with Crippen molar-refractivity contribution >= 4 is 28.9 Å². The molecule has 1 fully saturated rings. The molecule has 3 rings (SSSR count). The molecule has 2 aromatic rings. The number of alkyl halides is 2. The van der Waals surface area contributed by atoms with Crippen molar-refractivity contribution in [1.29, 1.82) is 0 Å². The molecule has 1 aliphatic heterocycles. The van der Waals surface area contributed by atoms with Crippen LogP contribution < -0.4 is 4.74 Å². The summed E-state index contributed by atoms with van der Waals surface area (Å²) in [6.07, 6.45) is 3.03. The van der Waals surface area contributed by atoms with E-state index in [1.807, 2.05) is 0 Å². The van der Waals surface area contributed by atoms with Crippen LogP contribution in [0, 0.1) is 17.0 Å². The average Bonchev–Trinajstić information content (AvgIpc) is 3.00. The molecule has 9 nitrogen and oxygen atoms in total.